The number of halogens is 3. The van der Waals surface area contributed by atoms with Crippen molar-refractivity contribution < 1.29 is 45.4 Å². The number of carbonyl (C=O) groups excluding carboxylic acids is 3. The topological polar surface area (TPSA) is 139 Å². The highest BCUT2D eigenvalue weighted by Gasteiger charge is 2.44. The average molecular weight is 694 g/mol. The average Bonchev–Trinajstić information content (AvgIpc) is 3.59. The Balaban J connectivity index is 1.45. The van der Waals surface area contributed by atoms with Gasteiger partial charge in [0.05, 0.1) is 42.2 Å². The predicted molar refractivity (Wildman–Crippen MR) is 168 cm³/mol. The molecule has 6 rings (SSSR count). The Kier molecular flexibility index (Phi) is 8.99. The van der Waals surface area contributed by atoms with Crippen molar-refractivity contribution in [3.63, 3.8) is 0 Å². The van der Waals surface area contributed by atoms with E-state index < -0.39 is 56.9 Å². The molecular weight excluding hydrogens is 663 g/mol. The molecule has 0 saturated carbocycles. The summed E-state index contributed by atoms with van der Waals surface area (Å²) >= 11 is 1.28. The maximum Gasteiger partial charge on any atom is 0.416 e. The van der Waals surface area contributed by atoms with E-state index in [0.29, 0.717) is 48.3 Å². The minimum Gasteiger partial charge on any atom is -0.492 e. The molecule has 4 heterocycles. The van der Waals surface area contributed by atoms with Gasteiger partial charge >= 0.3 is 12.2 Å². The van der Waals surface area contributed by atoms with Gasteiger partial charge < -0.3 is 19.4 Å². The Hall–Kier alpha value is -4.06. The number of nitrogens with zero attached hydrogens (tertiary/aromatic N) is 3. The lowest BCUT2D eigenvalue weighted by Gasteiger charge is -2.31. The zero-order valence-electron chi connectivity index (χ0n) is 25.0. The fourth-order valence-corrected chi connectivity index (χ4v) is 7.21. The van der Waals surface area contributed by atoms with E-state index in [4.69, 9.17) is 9.47 Å². The molecule has 47 heavy (non-hydrogen) atoms. The molecule has 4 amide bonds. The number of urea groups is 1. The first-order valence-corrected chi connectivity index (χ1v) is 17.5. The molecule has 1 atom stereocenters. The molecule has 0 spiro atoms. The standard InChI is InChI=1S/C30H30F3N5O7S2/c1-47(42,43)35-27(39)26-25(38-28(40)22-16-46-17-23(22)34-29(38)41)21-14-19(30(31,32)33)5-6-24(21)37(26)15-18-3-2-4-20(13-18)45-12-9-36-7-10-44-11-8-36/h2-6,13-14,17,22H,7-12,15-16H2,1H3,(H,34,41)(H,35,39). The fourth-order valence-electron chi connectivity index (χ4n) is 5.76. The Morgan fingerprint density at radius 2 is 1.91 bits per heavy atom. The van der Waals surface area contributed by atoms with Crippen LogP contribution in [-0.4, -0.2) is 87.2 Å². The first kappa shape index (κ1) is 32.9. The van der Waals surface area contributed by atoms with Gasteiger partial charge in [0, 0.05) is 43.0 Å². The van der Waals surface area contributed by atoms with Crippen LogP contribution >= 0.6 is 11.8 Å². The van der Waals surface area contributed by atoms with Crippen LogP contribution in [0.1, 0.15) is 21.6 Å². The summed E-state index contributed by atoms with van der Waals surface area (Å²) in [6, 6.07) is 8.54. The van der Waals surface area contributed by atoms with Crippen molar-refractivity contribution in [1.82, 2.24) is 19.5 Å². The van der Waals surface area contributed by atoms with E-state index >= 15 is 0 Å². The van der Waals surface area contributed by atoms with E-state index in [9.17, 15) is 36.0 Å². The first-order valence-electron chi connectivity index (χ1n) is 14.5. The van der Waals surface area contributed by atoms with Crippen LogP contribution in [0.5, 0.6) is 5.75 Å². The van der Waals surface area contributed by atoms with Gasteiger partial charge in [-0.3, -0.25) is 14.5 Å². The predicted octanol–water partition coefficient (Wildman–Crippen LogP) is 3.37. The number of morpholine rings is 1. The summed E-state index contributed by atoms with van der Waals surface area (Å²) in [5.74, 6) is -2.05. The number of rotatable bonds is 9. The summed E-state index contributed by atoms with van der Waals surface area (Å²) in [7, 11) is -4.19. The maximum absolute atomic E-state index is 14.0. The molecule has 0 aliphatic carbocycles. The number of alkyl halides is 3. The van der Waals surface area contributed by atoms with Gasteiger partial charge in [0.25, 0.3) is 5.91 Å². The number of thioether (sulfide) groups is 1. The van der Waals surface area contributed by atoms with E-state index in [1.807, 2.05) is 4.72 Å². The van der Waals surface area contributed by atoms with Gasteiger partial charge in [0.2, 0.25) is 15.9 Å². The molecule has 3 aliphatic heterocycles. The zero-order valence-corrected chi connectivity index (χ0v) is 26.6. The first-order chi connectivity index (χ1) is 22.3. The molecule has 3 aliphatic rings. The normalized spacial score (nSPS) is 19.0. The molecule has 1 aromatic heterocycles. The second-order valence-corrected chi connectivity index (χ2v) is 13.9. The van der Waals surface area contributed by atoms with E-state index in [2.05, 4.69) is 10.2 Å². The van der Waals surface area contributed by atoms with Crippen LogP contribution in [0.4, 0.5) is 23.7 Å². The summed E-state index contributed by atoms with van der Waals surface area (Å²) in [4.78, 5) is 43.7. The summed E-state index contributed by atoms with van der Waals surface area (Å²) in [6.45, 7) is 3.76. The van der Waals surface area contributed by atoms with Gasteiger partial charge in [0.15, 0.2) is 0 Å². The largest absolute Gasteiger partial charge is 0.492 e. The maximum atomic E-state index is 14.0. The summed E-state index contributed by atoms with van der Waals surface area (Å²) in [5.41, 5.74) is -1.07. The molecule has 2 saturated heterocycles. The van der Waals surface area contributed by atoms with Crippen molar-refractivity contribution >= 4 is 56.2 Å². The van der Waals surface area contributed by atoms with Crippen molar-refractivity contribution in [2.45, 2.75) is 12.7 Å². The molecule has 2 aromatic carbocycles. The third-order valence-corrected chi connectivity index (χ3v) is 9.42. The summed E-state index contributed by atoms with van der Waals surface area (Å²) in [5, 5.41) is 3.96. The fraction of sp³-hybridized carbons (Fsp3) is 0.367. The van der Waals surface area contributed by atoms with Gasteiger partial charge in [-0.05, 0) is 41.3 Å². The summed E-state index contributed by atoms with van der Waals surface area (Å²) < 4.78 is 80.8. The quantitative estimate of drug-likeness (QED) is 0.346. The highest BCUT2D eigenvalue weighted by molar-refractivity contribution is 8.02. The number of fused-ring (bicyclic) bond motifs is 2. The number of aromatic nitrogens is 1. The molecule has 17 heteroatoms. The number of anilines is 1. The lowest BCUT2D eigenvalue weighted by Crippen LogP contribution is -2.54. The van der Waals surface area contributed by atoms with E-state index in [-0.39, 0.29) is 23.2 Å². The van der Waals surface area contributed by atoms with Crippen LogP contribution in [0.3, 0.4) is 0 Å². The molecule has 2 fully saturated rings. The van der Waals surface area contributed by atoms with Gasteiger partial charge in [-0.2, -0.15) is 13.2 Å². The number of ether oxygens (including phenoxy) is 2. The van der Waals surface area contributed by atoms with Crippen molar-refractivity contribution in [1.29, 1.82) is 0 Å². The molecule has 3 aromatic rings. The number of imide groups is 1. The number of hydrogen-bond donors (Lipinski definition) is 2. The van der Waals surface area contributed by atoms with E-state index in [1.165, 1.54) is 16.3 Å². The molecule has 0 radical (unpaired) electrons. The van der Waals surface area contributed by atoms with Crippen LogP contribution in [0, 0.1) is 5.92 Å². The van der Waals surface area contributed by atoms with Gasteiger partial charge in [0.1, 0.15) is 18.1 Å². The zero-order chi connectivity index (χ0) is 33.5. The third kappa shape index (κ3) is 6.97. The van der Waals surface area contributed by atoms with Crippen LogP contribution in [0.15, 0.2) is 53.6 Å². The number of nitrogens with one attached hydrogen (secondary N) is 2. The Bertz CT molecular complexity index is 1890. The van der Waals surface area contributed by atoms with Gasteiger partial charge in [-0.25, -0.2) is 22.8 Å². The highest BCUT2D eigenvalue weighted by atomic mass is 32.2. The minimum atomic E-state index is -4.80. The Morgan fingerprint density at radius 3 is 2.64 bits per heavy atom. The van der Waals surface area contributed by atoms with Crippen LogP contribution in [0.2, 0.25) is 0 Å². The van der Waals surface area contributed by atoms with Gasteiger partial charge in [-0.1, -0.05) is 12.1 Å². The van der Waals surface area contributed by atoms with Crippen LogP contribution in [-0.2, 0) is 32.3 Å². The number of sulfonamides is 1. The number of carbonyl (C=O) groups is 3. The van der Waals surface area contributed by atoms with Crippen molar-refractivity contribution in [3.8, 4) is 5.75 Å². The van der Waals surface area contributed by atoms with Crippen molar-refractivity contribution in [3.05, 3.63) is 70.4 Å². The molecule has 12 nitrogen and oxygen atoms in total. The van der Waals surface area contributed by atoms with Crippen molar-refractivity contribution in [2.24, 2.45) is 5.92 Å². The minimum absolute atomic E-state index is 0.0630. The Morgan fingerprint density at radius 1 is 1.15 bits per heavy atom. The molecule has 1 unspecified atom stereocenters. The number of hydrogen-bond acceptors (Lipinski definition) is 9. The molecule has 2 N–H and O–H groups in total. The number of amides is 4. The second kappa shape index (κ2) is 12.9. The lowest BCUT2D eigenvalue weighted by atomic mass is 10.0. The lowest BCUT2D eigenvalue weighted by molar-refractivity contribution is -0.137. The van der Waals surface area contributed by atoms with E-state index in [0.717, 1.165) is 37.5 Å². The second-order valence-electron chi connectivity index (χ2n) is 11.2. The molecular formula is C30H30F3N5O7S2. The van der Waals surface area contributed by atoms with Crippen LogP contribution < -0.4 is 19.7 Å². The third-order valence-electron chi connectivity index (χ3n) is 7.92. The monoisotopic (exact) mass is 693 g/mol. The van der Waals surface area contributed by atoms with Crippen molar-refractivity contribution in [2.75, 3.05) is 56.4 Å². The SMILES string of the molecule is CS(=O)(=O)NC(=O)c1c(N2C(=O)NC3=CSCC3C2=O)c2cc(C(F)(F)F)ccc2n1Cc1cccc(OCCN2CCOCC2)c1. The summed E-state index contributed by atoms with van der Waals surface area (Å²) in [6.07, 6.45) is -4.07. The Labute approximate surface area is 271 Å². The molecule has 250 valence electrons. The highest BCUT2D eigenvalue weighted by Crippen LogP contribution is 2.42. The molecule has 0 bridgehead atoms. The number of benzene rings is 2. The van der Waals surface area contributed by atoms with Crippen LogP contribution in [0.25, 0.3) is 10.9 Å². The van der Waals surface area contributed by atoms with E-state index in [1.54, 1.807) is 29.7 Å². The smallest absolute Gasteiger partial charge is 0.416 e. The van der Waals surface area contributed by atoms with Gasteiger partial charge in [-0.15, -0.1) is 11.8 Å².